The molecule has 2 unspecified atom stereocenters. The lowest BCUT2D eigenvalue weighted by Gasteiger charge is -2.14. The topological polar surface area (TPSA) is 122 Å². The third kappa shape index (κ3) is 17.1. The Kier molecular flexibility index (Phi) is 23.5. The van der Waals surface area contributed by atoms with E-state index in [1.54, 1.807) is 0 Å². The van der Waals surface area contributed by atoms with E-state index in [4.69, 9.17) is 9.42 Å². The highest BCUT2D eigenvalue weighted by molar-refractivity contribution is 8.00. The first-order chi connectivity index (χ1) is 15.8. The summed E-state index contributed by atoms with van der Waals surface area (Å²) in [5.41, 5.74) is 0. The third-order valence-corrected chi connectivity index (χ3v) is 6.29. The van der Waals surface area contributed by atoms with Crippen LogP contribution in [0.25, 0.3) is 0 Å². The Balaban J connectivity index is 0. The number of carbonyl (C=O) groups excluding carboxylic acids is 4. The van der Waals surface area contributed by atoms with Gasteiger partial charge in [-0.25, -0.2) is 0 Å². The number of rotatable bonds is 16. The zero-order valence-corrected chi connectivity index (χ0v) is 22.8. The molecule has 2 N–H and O–H groups in total. The first-order valence-corrected chi connectivity index (χ1v) is 13.9. The number of thioether (sulfide) groups is 1. The minimum absolute atomic E-state index is 0.00549. The normalized spacial score (nSPS) is 15.8. The van der Waals surface area contributed by atoms with Gasteiger partial charge in [0.05, 0.1) is 11.9 Å². The average Bonchev–Trinajstić information content (AvgIpc) is 3.08. The molecule has 0 aromatic heterocycles. The van der Waals surface area contributed by atoms with Crippen molar-refractivity contribution >= 4 is 43.9 Å². The molecule has 9 nitrogen and oxygen atoms in total. The standard InChI is InChI=1S/C18H31N2O7PS.2C2H6/c1-14(21)7-9-19-16(22)8-10-20-17(23)13-15(18(20)24)29-12-6-4-3-5-11-27-28(25)26-2;2*1-2/h15,25H,3-13H2,1-2H3,(H,19,22);2*1-2H3. The maximum atomic E-state index is 12.4. The first kappa shape index (κ1) is 34.1. The molecule has 1 heterocycles. The Morgan fingerprint density at radius 2 is 1.76 bits per heavy atom. The van der Waals surface area contributed by atoms with Gasteiger partial charge in [-0.05, 0) is 25.5 Å². The third-order valence-electron chi connectivity index (χ3n) is 4.28. The predicted molar refractivity (Wildman–Crippen MR) is 134 cm³/mol. The fraction of sp³-hybridized carbons (Fsp3) is 0.818. The number of Topliss-reactive ketones (excluding diaryl/α,β-unsaturated/α-hetero) is 1. The predicted octanol–water partition coefficient (Wildman–Crippen LogP) is 3.83. The van der Waals surface area contributed by atoms with Gasteiger partial charge in [0.15, 0.2) is 0 Å². The molecule has 11 heteroatoms. The van der Waals surface area contributed by atoms with Crippen molar-refractivity contribution in [1.29, 1.82) is 0 Å². The number of hydrogen-bond acceptors (Lipinski definition) is 8. The van der Waals surface area contributed by atoms with E-state index < -0.39 is 8.60 Å². The van der Waals surface area contributed by atoms with E-state index in [9.17, 15) is 19.2 Å². The minimum atomic E-state index is -1.76. The van der Waals surface area contributed by atoms with Crippen LogP contribution in [0.15, 0.2) is 0 Å². The van der Waals surface area contributed by atoms with Gasteiger partial charge in [0.2, 0.25) is 17.7 Å². The summed E-state index contributed by atoms with van der Waals surface area (Å²) in [7, 11) is -0.363. The number of nitrogens with zero attached hydrogens (tertiary/aromatic N) is 1. The van der Waals surface area contributed by atoms with Crippen molar-refractivity contribution in [1.82, 2.24) is 10.2 Å². The summed E-state index contributed by atoms with van der Waals surface area (Å²) in [6.07, 6.45) is 4.20. The number of carbonyl (C=O) groups is 4. The number of ketones is 1. The van der Waals surface area contributed by atoms with Crippen molar-refractivity contribution in [2.75, 3.05) is 32.6 Å². The summed E-state index contributed by atoms with van der Waals surface area (Å²) < 4.78 is 9.68. The molecule has 0 radical (unpaired) electrons. The zero-order chi connectivity index (χ0) is 25.6. The van der Waals surface area contributed by atoms with Crippen LogP contribution >= 0.6 is 20.4 Å². The van der Waals surface area contributed by atoms with E-state index >= 15 is 0 Å². The van der Waals surface area contributed by atoms with Crippen molar-refractivity contribution in [3.8, 4) is 0 Å². The molecule has 0 aliphatic carbocycles. The molecule has 33 heavy (non-hydrogen) atoms. The molecule has 194 valence electrons. The Morgan fingerprint density at radius 1 is 1.12 bits per heavy atom. The molecule has 1 aliphatic rings. The Bertz CT molecular complexity index is 567. The van der Waals surface area contributed by atoms with Gasteiger partial charge in [0.1, 0.15) is 5.78 Å². The number of unbranched alkanes of at least 4 members (excludes halogenated alkanes) is 3. The highest BCUT2D eigenvalue weighted by Crippen LogP contribution is 2.31. The number of likely N-dealkylation sites (tertiary alicyclic amines) is 1. The molecule has 1 fully saturated rings. The molecule has 0 aromatic carbocycles. The summed E-state index contributed by atoms with van der Waals surface area (Å²) in [6, 6.07) is 0. The number of nitrogens with one attached hydrogen (secondary N) is 1. The fourth-order valence-corrected chi connectivity index (χ4v) is 4.25. The monoisotopic (exact) mass is 510 g/mol. The Hall–Kier alpha value is -1.06. The molecule has 3 amide bonds. The van der Waals surface area contributed by atoms with Crippen LogP contribution in [-0.2, 0) is 28.2 Å². The largest absolute Gasteiger partial charge is 0.356 e. The zero-order valence-electron chi connectivity index (χ0n) is 21.1. The van der Waals surface area contributed by atoms with Crippen LogP contribution < -0.4 is 5.32 Å². The molecule has 1 rings (SSSR count). The van der Waals surface area contributed by atoms with Crippen LogP contribution in [0.2, 0.25) is 0 Å². The Morgan fingerprint density at radius 3 is 2.36 bits per heavy atom. The maximum Gasteiger partial charge on any atom is 0.329 e. The highest BCUT2D eigenvalue weighted by atomic mass is 32.2. The number of imide groups is 1. The van der Waals surface area contributed by atoms with E-state index in [1.165, 1.54) is 30.7 Å². The van der Waals surface area contributed by atoms with Crippen LogP contribution in [0.3, 0.4) is 0 Å². The van der Waals surface area contributed by atoms with Crippen molar-refractivity contribution in [3.05, 3.63) is 0 Å². The molecular formula is C22H43N2O7PS. The summed E-state index contributed by atoms with van der Waals surface area (Å²) >= 11 is 1.49. The highest BCUT2D eigenvalue weighted by Gasteiger charge is 2.38. The van der Waals surface area contributed by atoms with Gasteiger partial charge in [0.25, 0.3) is 0 Å². The van der Waals surface area contributed by atoms with Gasteiger partial charge in [-0.3, -0.25) is 24.1 Å². The summed E-state index contributed by atoms with van der Waals surface area (Å²) in [5, 5.41) is 2.24. The molecule has 1 saturated heterocycles. The maximum absolute atomic E-state index is 12.4. The van der Waals surface area contributed by atoms with Gasteiger partial charge in [0, 0.05) is 39.5 Å². The molecule has 0 saturated carbocycles. The van der Waals surface area contributed by atoms with Crippen molar-refractivity contribution in [2.45, 2.75) is 84.8 Å². The molecule has 0 bridgehead atoms. The quantitative estimate of drug-likeness (QED) is 0.183. The van der Waals surface area contributed by atoms with Crippen molar-refractivity contribution < 1.29 is 33.1 Å². The van der Waals surface area contributed by atoms with Gasteiger partial charge in [-0.1, -0.05) is 40.5 Å². The van der Waals surface area contributed by atoms with Gasteiger partial charge < -0.3 is 19.3 Å². The van der Waals surface area contributed by atoms with Crippen LogP contribution in [0.4, 0.5) is 0 Å². The van der Waals surface area contributed by atoms with Crippen molar-refractivity contribution in [3.63, 3.8) is 0 Å². The second-order valence-corrected chi connectivity index (χ2v) is 9.08. The van der Waals surface area contributed by atoms with Crippen molar-refractivity contribution in [2.24, 2.45) is 0 Å². The van der Waals surface area contributed by atoms with Crippen LogP contribution in [0.5, 0.6) is 0 Å². The second kappa shape index (κ2) is 22.7. The summed E-state index contributed by atoms with van der Waals surface area (Å²) in [5.74, 6) is 0.0511. The number of hydrogen-bond donors (Lipinski definition) is 2. The van der Waals surface area contributed by atoms with E-state index in [0.29, 0.717) is 6.61 Å². The summed E-state index contributed by atoms with van der Waals surface area (Å²) in [6.45, 7) is 10.3. The van der Waals surface area contributed by atoms with Gasteiger partial charge in [-0.15, -0.1) is 11.8 Å². The van der Waals surface area contributed by atoms with Crippen LogP contribution in [-0.4, -0.2) is 71.1 Å². The van der Waals surface area contributed by atoms with Gasteiger partial charge >= 0.3 is 8.60 Å². The Labute approximate surface area is 204 Å². The van der Waals surface area contributed by atoms with Crippen LogP contribution in [0, 0.1) is 0 Å². The summed E-state index contributed by atoms with van der Waals surface area (Å²) in [4.78, 5) is 57.4. The minimum Gasteiger partial charge on any atom is -0.356 e. The number of amides is 3. The first-order valence-electron chi connectivity index (χ1n) is 11.7. The van der Waals surface area contributed by atoms with Gasteiger partial charge in [-0.2, -0.15) is 0 Å². The van der Waals surface area contributed by atoms with Crippen LogP contribution in [0.1, 0.15) is 79.6 Å². The van der Waals surface area contributed by atoms with E-state index in [-0.39, 0.29) is 61.1 Å². The van der Waals surface area contributed by atoms with E-state index in [1.807, 2.05) is 27.7 Å². The second-order valence-electron chi connectivity index (χ2n) is 6.67. The van der Waals surface area contributed by atoms with E-state index in [2.05, 4.69) is 9.84 Å². The van der Waals surface area contributed by atoms with E-state index in [0.717, 1.165) is 31.4 Å². The molecule has 2 atom stereocenters. The SMILES string of the molecule is CC.CC.COP(O)OCCCCCCSC1CC(=O)N(CCC(=O)NCCC(C)=O)C1=O. The molecule has 0 spiro atoms. The molecular weight excluding hydrogens is 467 g/mol. The lowest BCUT2D eigenvalue weighted by molar-refractivity contribution is -0.138. The smallest absolute Gasteiger partial charge is 0.329 e. The average molecular weight is 511 g/mol. The fourth-order valence-electron chi connectivity index (χ4n) is 2.68. The molecule has 0 aromatic rings. The lowest BCUT2D eigenvalue weighted by Crippen LogP contribution is -2.36. The lowest BCUT2D eigenvalue weighted by atomic mass is 10.2. The molecule has 1 aliphatic heterocycles.